The standard InChI is InChI=1S/C12H24/c1-9(2)11(5)8-12(6,7)10(3)4/h8-10H,1-7H3/b11-8+. The van der Waals surface area contributed by atoms with Gasteiger partial charge in [-0.05, 0) is 24.2 Å². The van der Waals surface area contributed by atoms with Gasteiger partial charge in [-0.2, -0.15) is 0 Å². The van der Waals surface area contributed by atoms with Gasteiger partial charge in [0.25, 0.3) is 0 Å². The zero-order chi connectivity index (χ0) is 9.94. The van der Waals surface area contributed by atoms with E-state index in [1.165, 1.54) is 5.57 Å². The Kier molecular flexibility index (Phi) is 4.02. The van der Waals surface area contributed by atoms with Crippen LogP contribution >= 0.6 is 0 Å². The molecule has 0 N–H and O–H groups in total. The Hall–Kier alpha value is -0.260. The van der Waals surface area contributed by atoms with Crippen molar-refractivity contribution in [1.29, 1.82) is 0 Å². The van der Waals surface area contributed by atoms with Crippen molar-refractivity contribution in [1.82, 2.24) is 0 Å². The molecule has 72 valence electrons. The second-order valence-electron chi connectivity index (χ2n) is 5.02. The van der Waals surface area contributed by atoms with Crippen LogP contribution in [0.15, 0.2) is 11.6 Å². The van der Waals surface area contributed by atoms with Crippen LogP contribution in [0.5, 0.6) is 0 Å². The Morgan fingerprint density at radius 2 is 1.50 bits per heavy atom. The second kappa shape index (κ2) is 4.11. The zero-order valence-electron chi connectivity index (χ0n) is 9.73. The highest BCUT2D eigenvalue weighted by molar-refractivity contribution is 5.07. The maximum Gasteiger partial charge on any atom is -0.0149 e. The SMILES string of the molecule is C/C(=C\C(C)(C)C(C)C)C(C)C. The normalized spacial score (nSPS) is 14.6. The van der Waals surface area contributed by atoms with Crippen molar-refractivity contribution in [3.63, 3.8) is 0 Å². The van der Waals surface area contributed by atoms with E-state index >= 15 is 0 Å². The van der Waals surface area contributed by atoms with Gasteiger partial charge in [0.15, 0.2) is 0 Å². The second-order valence-corrected chi connectivity index (χ2v) is 5.02. The summed E-state index contributed by atoms with van der Waals surface area (Å²) < 4.78 is 0. The van der Waals surface area contributed by atoms with Crippen molar-refractivity contribution in [2.45, 2.75) is 48.5 Å². The van der Waals surface area contributed by atoms with Gasteiger partial charge in [-0.25, -0.2) is 0 Å². The summed E-state index contributed by atoms with van der Waals surface area (Å²) in [6.45, 7) is 15.9. The van der Waals surface area contributed by atoms with Crippen molar-refractivity contribution < 1.29 is 0 Å². The van der Waals surface area contributed by atoms with E-state index in [9.17, 15) is 0 Å². The third-order valence-electron chi connectivity index (χ3n) is 3.00. The lowest BCUT2D eigenvalue weighted by molar-refractivity contribution is 0.329. The van der Waals surface area contributed by atoms with Gasteiger partial charge in [0.05, 0.1) is 0 Å². The van der Waals surface area contributed by atoms with E-state index in [1.807, 2.05) is 0 Å². The van der Waals surface area contributed by atoms with Crippen molar-refractivity contribution in [2.75, 3.05) is 0 Å². The lowest BCUT2D eigenvalue weighted by Crippen LogP contribution is -2.17. The van der Waals surface area contributed by atoms with Crippen LogP contribution in [0.2, 0.25) is 0 Å². The Balaban J connectivity index is 4.50. The molecule has 0 aliphatic carbocycles. The first-order valence-electron chi connectivity index (χ1n) is 4.96. The number of allylic oxidation sites excluding steroid dienone is 2. The monoisotopic (exact) mass is 168 g/mol. The molecular weight excluding hydrogens is 144 g/mol. The van der Waals surface area contributed by atoms with Crippen LogP contribution in [0, 0.1) is 17.3 Å². The molecule has 0 aromatic carbocycles. The average Bonchev–Trinajstić information content (AvgIpc) is 1.85. The predicted molar refractivity (Wildman–Crippen MR) is 57.2 cm³/mol. The summed E-state index contributed by atoms with van der Waals surface area (Å²) >= 11 is 0. The topological polar surface area (TPSA) is 0 Å². The molecule has 0 heteroatoms. The molecule has 0 aliphatic rings. The molecule has 0 nitrogen and oxygen atoms in total. The molecule has 0 unspecified atom stereocenters. The minimum atomic E-state index is 0.342. The lowest BCUT2D eigenvalue weighted by Gasteiger charge is -2.27. The molecule has 0 rings (SSSR count). The van der Waals surface area contributed by atoms with Gasteiger partial charge >= 0.3 is 0 Å². The summed E-state index contributed by atoms with van der Waals surface area (Å²) in [5.41, 5.74) is 1.85. The first-order valence-corrected chi connectivity index (χ1v) is 4.96. The van der Waals surface area contributed by atoms with Crippen LogP contribution in [0.25, 0.3) is 0 Å². The highest BCUT2D eigenvalue weighted by Crippen LogP contribution is 2.30. The Bertz CT molecular complexity index is 159. The van der Waals surface area contributed by atoms with E-state index in [1.54, 1.807) is 0 Å². The van der Waals surface area contributed by atoms with Gasteiger partial charge < -0.3 is 0 Å². The molecule has 0 heterocycles. The molecule has 0 fully saturated rings. The largest absolute Gasteiger partial charge is 0.0794 e. The Morgan fingerprint density at radius 1 is 1.08 bits per heavy atom. The number of rotatable bonds is 3. The molecule has 0 spiro atoms. The fourth-order valence-electron chi connectivity index (χ4n) is 0.920. The summed E-state index contributed by atoms with van der Waals surface area (Å²) in [7, 11) is 0. The maximum atomic E-state index is 2.42. The van der Waals surface area contributed by atoms with Gasteiger partial charge in [-0.1, -0.05) is 53.2 Å². The minimum Gasteiger partial charge on any atom is -0.0794 e. The van der Waals surface area contributed by atoms with E-state index < -0.39 is 0 Å². The summed E-state index contributed by atoms with van der Waals surface area (Å²) in [4.78, 5) is 0. The summed E-state index contributed by atoms with van der Waals surface area (Å²) in [6, 6.07) is 0. The molecule has 0 radical (unpaired) electrons. The van der Waals surface area contributed by atoms with Crippen LogP contribution in [0.3, 0.4) is 0 Å². The van der Waals surface area contributed by atoms with Crippen molar-refractivity contribution in [2.24, 2.45) is 17.3 Å². The van der Waals surface area contributed by atoms with Crippen LogP contribution in [-0.2, 0) is 0 Å². The maximum absolute atomic E-state index is 2.42. The van der Waals surface area contributed by atoms with E-state index in [0.717, 1.165) is 0 Å². The zero-order valence-corrected chi connectivity index (χ0v) is 9.73. The lowest BCUT2D eigenvalue weighted by atomic mass is 9.79. The van der Waals surface area contributed by atoms with Crippen LogP contribution < -0.4 is 0 Å². The molecule has 0 saturated heterocycles. The number of hydrogen-bond acceptors (Lipinski definition) is 0. The van der Waals surface area contributed by atoms with Crippen molar-refractivity contribution in [3.05, 3.63) is 11.6 Å². The minimum absolute atomic E-state index is 0.342. The highest BCUT2D eigenvalue weighted by Gasteiger charge is 2.19. The predicted octanol–water partition coefficient (Wildman–Crippen LogP) is 4.27. The van der Waals surface area contributed by atoms with Gasteiger partial charge in [0.1, 0.15) is 0 Å². The van der Waals surface area contributed by atoms with Crippen molar-refractivity contribution in [3.8, 4) is 0 Å². The molecular formula is C12H24. The Morgan fingerprint density at radius 3 is 1.75 bits per heavy atom. The van der Waals surface area contributed by atoms with E-state index in [0.29, 0.717) is 17.3 Å². The van der Waals surface area contributed by atoms with Crippen LogP contribution in [0.1, 0.15) is 48.5 Å². The van der Waals surface area contributed by atoms with Crippen molar-refractivity contribution >= 4 is 0 Å². The average molecular weight is 168 g/mol. The molecule has 0 aromatic heterocycles. The molecule has 0 saturated carbocycles. The molecule has 0 amide bonds. The first kappa shape index (κ1) is 11.7. The quantitative estimate of drug-likeness (QED) is 0.552. The van der Waals surface area contributed by atoms with Crippen LogP contribution in [0.4, 0.5) is 0 Å². The fraction of sp³-hybridized carbons (Fsp3) is 0.833. The van der Waals surface area contributed by atoms with Gasteiger partial charge in [-0.3, -0.25) is 0 Å². The molecule has 0 bridgehead atoms. The third kappa shape index (κ3) is 3.42. The van der Waals surface area contributed by atoms with Gasteiger partial charge in [0, 0.05) is 0 Å². The summed E-state index contributed by atoms with van der Waals surface area (Å²) in [6.07, 6.45) is 2.42. The fourth-order valence-corrected chi connectivity index (χ4v) is 0.920. The van der Waals surface area contributed by atoms with Gasteiger partial charge in [0.2, 0.25) is 0 Å². The number of hydrogen-bond donors (Lipinski definition) is 0. The van der Waals surface area contributed by atoms with E-state index in [4.69, 9.17) is 0 Å². The highest BCUT2D eigenvalue weighted by atomic mass is 14.2. The molecule has 0 aliphatic heterocycles. The molecule has 0 aromatic rings. The van der Waals surface area contributed by atoms with E-state index in [-0.39, 0.29) is 0 Å². The smallest absolute Gasteiger partial charge is 0.0149 e. The van der Waals surface area contributed by atoms with E-state index in [2.05, 4.69) is 54.5 Å². The third-order valence-corrected chi connectivity index (χ3v) is 3.00. The first-order chi connectivity index (χ1) is 5.27. The molecule has 12 heavy (non-hydrogen) atoms. The van der Waals surface area contributed by atoms with Crippen LogP contribution in [-0.4, -0.2) is 0 Å². The van der Waals surface area contributed by atoms with Gasteiger partial charge in [-0.15, -0.1) is 0 Å². The summed E-state index contributed by atoms with van der Waals surface area (Å²) in [5, 5.41) is 0. The summed E-state index contributed by atoms with van der Waals surface area (Å²) in [5.74, 6) is 1.40. The molecule has 0 atom stereocenters. The Labute approximate surface area is 78.1 Å².